The maximum Gasteiger partial charge on any atom is 0.335 e. The first-order chi connectivity index (χ1) is 13.8. The van der Waals surface area contributed by atoms with Gasteiger partial charge in [0.2, 0.25) is 0 Å². The molecule has 4 N–H and O–H groups in total. The van der Waals surface area contributed by atoms with Crippen molar-refractivity contribution in [1.29, 1.82) is 0 Å². The highest BCUT2D eigenvalue weighted by molar-refractivity contribution is 7.80. The second kappa shape index (κ2) is 8.53. The third-order valence-corrected chi connectivity index (χ3v) is 4.33. The lowest BCUT2D eigenvalue weighted by atomic mass is 10.2. The second-order valence-electron chi connectivity index (χ2n) is 6.34. The SMILES string of the molecule is Cc1ccc(-n2[nH]c(C)c(C=NNC(=S)Nc3cccc(C(=O)O)c3)c2=O)cc1. The first-order valence-electron chi connectivity index (χ1n) is 8.67. The Morgan fingerprint density at radius 2 is 1.93 bits per heavy atom. The lowest BCUT2D eigenvalue weighted by Crippen LogP contribution is -2.24. The fraction of sp³-hybridized carbons (Fsp3) is 0.100. The molecule has 8 nitrogen and oxygen atoms in total. The molecule has 0 spiro atoms. The number of benzene rings is 2. The number of carboxylic acid groups (broad SMARTS) is 1. The molecule has 1 heterocycles. The fourth-order valence-corrected chi connectivity index (χ4v) is 2.80. The molecule has 0 aliphatic heterocycles. The summed E-state index contributed by atoms with van der Waals surface area (Å²) in [6.07, 6.45) is 1.39. The Balaban J connectivity index is 1.70. The Labute approximate surface area is 171 Å². The summed E-state index contributed by atoms with van der Waals surface area (Å²) in [4.78, 5) is 23.7. The maximum absolute atomic E-state index is 12.7. The van der Waals surface area contributed by atoms with E-state index in [-0.39, 0.29) is 16.2 Å². The molecule has 0 unspecified atom stereocenters. The van der Waals surface area contributed by atoms with E-state index in [4.69, 9.17) is 17.3 Å². The van der Waals surface area contributed by atoms with Crippen LogP contribution in [-0.2, 0) is 0 Å². The number of H-pyrrole nitrogens is 1. The van der Waals surface area contributed by atoms with Crippen molar-refractivity contribution in [2.24, 2.45) is 5.10 Å². The van der Waals surface area contributed by atoms with Gasteiger partial charge in [-0.15, -0.1) is 0 Å². The van der Waals surface area contributed by atoms with Crippen LogP contribution in [0.4, 0.5) is 5.69 Å². The van der Waals surface area contributed by atoms with Crippen LogP contribution in [0, 0.1) is 13.8 Å². The largest absolute Gasteiger partial charge is 0.478 e. The number of aromatic carboxylic acids is 1. The van der Waals surface area contributed by atoms with Crippen LogP contribution in [0.5, 0.6) is 0 Å². The monoisotopic (exact) mass is 409 g/mol. The summed E-state index contributed by atoms with van der Waals surface area (Å²) in [5, 5.41) is 19.1. The number of hydrazone groups is 1. The number of nitrogens with zero attached hydrogens (tertiary/aromatic N) is 2. The minimum absolute atomic E-state index is 0.140. The third-order valence-electron chi connectivity index (χ3n) is 4.14. The van der Waals surface area contributed by atoms with E-state index in [0.29, 0.717) is 16.9 Å². The Morgan fingerprint density at radius 3 is 2.62 bits per heavy atom. The summed E-state index contributed by atoms with van der Waals surface area (Å²) in [6.45, 7) is 3.76. The van der Waals surface area contributed by atoms with Crippen molar-refractivity contribution in [3.05, 3.63) is 81.3 Å². The first kappa shape index (κ1) is 20.0. The molecule has 0 saturated carbocycles. The summed E-state index contributed by atoms with van der Waals surface area (Å²) in [7, 11) is 0. The van der Waals surface area contributed by atoms with Gasteiger partial charge in [0.1, 0.15) is 0 Å². The standard InChI is InChI=1S/C20H19N5O3S/c1-12-6-8-16(9-7-12)25-18(26)17(13(2)24-25)11-21-23-20(29)22-15-5-3-4-14(10-15)19(27)28/h3-11,24H,1-2H3,(H,27,28)(H2,22,23,29). The van der Waals surface area contributed by atoms with E-state index in [1.54, 1.807) is 19.1 Å². The fourth-order valence-electron chi connectivity index (χ4n) is 2.63. The minimum Gasteiger partial charge on any atom is -0.478 e. The minimum atomic E-state index is -1.03. The number of carboxylic acids is 1. The number of nitrogens with one attached hydrogen (secondary N) is 3. The van der Waals surface area contributed by atoms with Crippen molar-refractivity contribution in [1.82, 2.24) is 15.2 Å². The van der Waals surface area contributed by atoms with Crippen LogP contribution >= 0.6 is 12.2 Å². The number of rotatable bonds is 5. The summed E-state index contributed by atoms with van der Waals surface area (Å²) in [5.74, 6) is -1.03. The van der Waals surface area contributed by atoms with Gasteiger partial charge in [-0.05, 0) is 56.4 Å². The van der Waals surface area contributed by atoms with Crippen LogP contribution in [0.25, 0.3) is 5.69 Å². The number of aromatic nitrogens is 2. The van der Waals surface area contributed by atoms with E-state index in [9.17, 15) is 9.59 Å². The highest BCUT2D eigenvalue weighted by Crippen LogP contribution is 2.11. The highest BCUT2D eigenvalue weighted by atomic mass is 32.1. The lowest BCUT2D eigenvalue weighted by molar-refractivity contribution is 0.0697. The molecule has 29 heavy (non-hydrogen) atoms. The van der Waals surface area contributed by atoms with E-state index < -0.39 is 5.97 Å². The second-order valence-corrected chi connectivity index (χ2v) is 6.74. The average Bonchev–Trinajstić information content (AvgIpc) is 2.97. The van der Waals surface area contributed by atoms with E-state index in [0.717, 1.165) is 11.3 Å². The van der Waals surface area contributed by atoms with Crippen LogP contribution < -0.4 is 16.3 Å². The molecule has 3 aromatic rings. The molecule has 3 rings (SSSR count). The lowest BCUT2D eigenvalue weighted by Gasteiger charge is -2.07. The Kier molecular flexibility index (Phi) is 5.89. The zero-order valence-corrected chi connectivity index (χ0v) is 16.6. The predicted octanol–water partition coefficient (Wildman–Crippen LogP) is 2.80. The summed E-state index contributed by atoms with van der Waals surface area (Å²) in [6, 6.07) is 13.8. The molecular formula is C20H19N5O3S. The molecule has 9 heteroatoms. The zero-order chi connectivity index (χ0) is 21.0. The van der Waals surface area contributed by atoms with Gasteiger partial charge in [-0.25, -0.2) is 9.48 Å². The topological polar surface area (TPSA) is 112 Å². The van der Waals surface area contributed by atoms with Gasteiger partial charge in [-0.2, -0.15) is 5.10 Å². The van der Waals surface area contributed by atoms with Gasteiger partial charge < -0.3 is 10.4 Å². The third kappa shape index (κ3) is 4.77. The van der Waals surface area contributed by atoms with Gasteiger partial charge in [-0.1, -0.05) is 23.8 Å². The number of aryl methyl sites for hydroxylation is 2. The number of anilines is 1. The Bertz CT molecular complexity index is 1150. The molecule has 1 aromatic heterocycles. The smallest absolute Gasteiger partial charge is 0.335 e. The van der Waals surface area contributed by atoms with Crippen molar-refractivity contribution in [2.45, 2.75) is 13.8 Å². The van der Waals surface area contributed by atoms with Gasteiger partial charge in [-0.3, -0.25) is 15.3 Å². The van der Waals surface area contributed by atoms with E-state index in [1.807, 2.05) is 31.2 Å². The summed E-state index contributed by atoms with van der Waals surface area (Å²) < 4.78 is 1.45. The van der Waals surface area contributed by atoms with Gasteiger partial charge in [0.15, 0.2) is 5.11 Å². The van der Waals surface area contributed by atoms with Crippen LogP contribution in [0.15, 0.2) is 58.4 Å². The van der Waals surface area contributed by atoms with Crippen LogP contribution in [0.3, 0.4) is 0 Å². The highest BCUT2D eigenvalue weighted by Gasteiger charge is 2.10. The average molecular weight is 409 g/mol. The van der Waals surface area contributed by atoms with E-state index in [2.05, 4.69) is 20.9 Å². The molecule has 0 aliphatic rings. The molecule has 2 aromatic carbocycles. The molecule has 148 valence electrons. The van der Waals surface area contributed by atoms with Crippen molar-refractivity contribution in [3.63, 3.8) is 0 Å². The first-order valence-corrected chi connectivity index (χ1v) is 9.08. The predicted molar refractivity (Wildman–Crippen MR) is 116 cm³/mol. The maximum atomic E-state index is 12.7. The Morgan fingerprint density at radius 1 is 1.21 bits per heavy atom. The number of hydrogen-bond acceptors (Lipinski definition) is 4. The number of hydrogen-bond donors (Lipinski definition) is 4. The van der Waals surface area contributed by atoms with Crippen molar-refractivity contribution in [2.75, 3.05) is 5.32 Å². The molecular weight excluding hydrogens is 390 g/mol. The molecule has 0 radical (unpaired) electrons. The Hall–Kier alpha value is -3.72. The van der Waals surface area contributed by atoms with E-state index in [1.165, 1.54) is 23.0 Å². The van der Waals surface area contributed by atoms with Crippen LogP contribution in [-0.4, -0.2) is 32.2 Å². The molecule has 0 atom stereocenters. The molecule has 0 saturated heterocycles. The molecule has 0 bridgehead atoms. The van der Waals surface area contributed by atoms with Crippen LogP contribution in [0.2, 0.25) is 0 Å². The molecule has 0 amide bonds. The number of carbonyl (C=O) groups is 1. The van der Waals surface area contributed by atoms with Gasteiger partial charge >= 0.3 is 5.97 Å². The summed E-state index contributed by atoms with van der Waals surface area (Å²) >= 11 is 5.15. The van der Waals surface area contributed by atoms with Crippen molar-refractivity contribution < 1.29 is 9.90 Å². The van der Waals surface area contributed by atoms with Gasteiger partial charge in [0.25, 0.3) is 5.56 Å². The quantitative estimate of drug-likeness (QED) is 0.293. The van der Waals surface area contributed by atoms with Gasteiger partial charge in [0, 0.05) is 11.4 Å². The molecule has 0 fully saturated rings. The number of thiocarbonyl (C=S) groups is 1. The van der Waals surface area contributed by atoms with Gasteiger partial charge in [0.05, 0.1) is 23.0 Å². The normalized spacial score (nSPS) is 10.8. The van der Waals surface area contributed by atoms with Crippen molar-refractivity contribution in [3.8, 4) is 5.69 Å². The number of aromatic amines is 1. The molecule has 0 aliphatic carbocycles. The summed E-state index contributed by atoms with van der Waals surface area (Å²) in [5.41, 5.74) is 5.93. The van der Waals surface area contributed by atoms with E-state index >= 15 is 0 Å². The van der Waals surface area contributed by atoms with Crippen LogP contribution in [0.1, 0.15) is 27.2 Å². The zero-order valence-electron chi connectivity index (χ0n) is 15.8. The van der Waals surface area contributed by atoms with Crippen molar-refractivity contribution >= 4 is 35.2 Å².